The summed E-state index contributed by atoms with van der Waals surface area (Å²) in [6.45, 7) is 2.48. The van der Waals surface area contributed by atoms with Crippen molar-refractivity contribution in [3.8, 4) is 0 Å². The first kappa shape index (κ1) is 16.7. The highest BCUT2D eigenvalue weighted by Crippen LogP contribution is 2.23. The quantitative estimate of drug-likeness (QED) is 0.814. The molecule has 1 fully saturated rings. The molecule has 0 aliphatic carbocycles. The van der Waals surface area contributed by atoms with Crippen molar-refractivity contribution in [2.75, 3.05) is 39.0 Å². The summed E-state index contributed by atoms with van der Waals surface area (Å²) in [5, 5.41) is 2.81. The molecule has 0 amide bonds. The molecule has 21 heavy (non-hydrogen) atoms. The summed E-state index contributed by atoms with van der Waals surface area (Å²) in [6, 6.07) is 1.56. The second kappa shape index (κ2) is 7.04. The lowest BCUT2D eigenvalue weighted by molar-refractivity contribution is 0.211. The van der Waals surface area contributed by atoms with Crippen molar-refractivity contribution in [2.24, 2.45) is 5.92 Å². The van der Waals surface area contributed by atoms with Gasteiger partial charge in [-0.05, 0) is 54.3 Å². The predicted octanol–water partition coefficient (Wildman–Crippen LogP) is 1.51. The van der Waals surface area contributed by atoms with Gasteiger partial charge in [0.1, 0.15) is 10.7 Å². The number of nitrogens with zero attached hydrogens (tertiary/aromatic N) is 2. The van der Waals surface area contributed by atoms with E-state index in [1.54, 1.807) is 19.3 Å². The minimum absolute atomic E-state index is 0.170. The van der Waals surface area contributed by atoms with Crippen LogP contribution in [-0.4, -0.2) is 52.0 Å². The number of anilines is 1. The molecule has 0 aromatic carbocycles. The summed E-state index contributed by atoms with van der Waals surface area (Å²) in [4.78, 5) is 6.49. The van der Waals surface area contributed by atoms with Crippen molar-refractivity contribution < 1.29 is 8.42 Å². The fourth-order valence-electron chi connectivity index (χ4n) is 2.56. The number of rotatable bonds is 5. The monoisotopic (exact) mass is 376 g/mol. The Labute approximate surface area is 134 Å². The van der Waals surface area contributed by atoms with E-state index >= 15 is 0 Å². The molecule has 2 N–H and O–H groups in total. The van der Waals surface area contributed by atoms with Gasteiger partial charge in [-0.25, -0.2) is 18.1 Å². The Kier molecular flexibility index (Phi) is 5.59. The third kappa shape index (κ3) is 4.38. The number of sulfonamides is 1. The summed E-state index contributed by atoms with van der Waals surface area (Å²) < 4.78 is 28.3. The van der Waals surface area contributed by atoms with Gasteiger partial charge < -0.3 is 10.2 Å². The number of piperidine rings is 1. The SMILES string of the molecule is CNc1ncc(Br)cc1S(=O)(=O)NCC1CCCN(C)C1. The van der Waals surface area contributed by atoms with E-state index in [0.29, 0.717) is 22.8 Å². The highest BCUT2D eigenvalue weighted by Gasteiger charge is 2.23. The van der Waals surface area contributed by atoms with Crippen LogP contribution in [0.1, 0.15) is 12.8 Å². The molecule has 0 spiro atoms. The number of halogens is 1. The zero-order valence-corrected chi connectivity index (χ0v) is 14.7. The first-order valence-corrected chi connectivity index (χ1v) is 9.21. The molecule has 1 aromatic heterocycles. The Morgan fingerprint density at radius 3 is 2.95 bits per heavy atom. The van der Waals surface area contributed by atoms with Gasteiger partial charge in [0.05, 0.1) is 0 Å². The summed E-state index contributed by atoms with van der Waals surface area (Å²) >= 11 is 3.26. The lowest BCUT2D eigenvalue weighted by atomic mass is 9.99. The summed E-state index contributed by atoms with van der Waals surface area (Å²) in [5.74, 6) is 0.711. The van der Waals surface area contributed by atoms with Gasteiger partial charge >= 0.3 is 0 Å². The molecule has 6 nitrogen and oxygen atoms in total. The molecule has 1 atom stereocenters. The Hall–Kier alpha value is -0.700. The molecule has 1 aromatic rings. The average molecular weight is 377 g/mol. The average Bonchev–Trinajstić information content (AvgIpc) is 2.45. The fraction of sp³-hybridized carbons (Fsp3) is 0.615. The Bertz CT molecular complexity index is 594. The molecule has 0 saturated carbocycles. The van der Waals surface area contributed by atoms with Crippen molar-refractivity contribution >= 4 is 31.8 Å². The van der Waals surface area contributed by atoms with Crippen molar-refractivity contribution in [1.82, 2.24) is 14.6 Å². The van der Waals surface area contributed by atoms with Crippen LogP contribution in [0.15, 0.2) is 21.6 Å². The smallest absolute Gasteiger partial charge is 0.244 e. The second-order valence-corrected chi connectivity index (χ2v) is 8.02. The maximum Gasteiger partial charge on any atom is 0.244 e. The summed E-state index contributed by atoms with van der Waals surface area (Å²) in [5.41, 5.74) is 0. The van der Waals surface area contributed by atoms with Gasteiger partial charge in [0.15, 0.2) is 0 Å². The summed E-state index contributed by atoms with van der Waals surface area (Å²) in [6.07, 6.45) is 3.74. The second-order valence-electron chi connectivity index (χ2n) is 5.37. The molecule has 1 aliphatic heterocycles. The van der Waals surface area contributed by atoms with Gasteiger partial charge in [-0.3, -0.25) is 0 Å². The van der Waals surface area contributed by atoms with E-state index in [-0.39, 0.29) is 4.90 Å². The van der Waals surface area contributed by atoms with Gasteiger partial charge in [0, 0.05) is 30.8 Å². The van der Waals surface area contributed by atoms with E-state index in [1.807, 2.05) is 0 Å². The third-order valence-corrected chi connectivity index (χ3v) is 5.50. The molecule has 2 rings (SSSR count). The molecule has 1 unspecified atom stereocenters. The molecule has 118 valence electrons. The molecule has 0 radical (unpaired) electrons. The number of pyridine rings is 1. The fourth-order valence-corrected chi connectivity index (χ4v) is 4.34. The third-order valence-electron chi connectivity index (χ3n) is 3.63. The van der Waals surface area contributed by atoms with E-state index < -0.39 is 10.0 Å². The summed E-state index contributed by atoms with van der Waals surface area (Å²) in [7, 11) is 0.160. The molecule has 8 heteroatoms. The minimum Gasteiger partial charge on any atom is -0.372 e. The maximum absolute atomic E-state index is 12.5. The van der Waals surface area contributed by atoms with Crippen molar-refractivity contribution in [1.29, 1.82) is 0 Å². The van der Waals surface area contributed by atoms with Crippen LogP contribution in [0.2, 0.25) is 0 Å². The van der Waals surface area contributed by atoms with Crippen LogP contribution in [0.3, 0.4) is 0 Å². The van der Waals surface area contributed by atoms with Crippen LogP contribution in [0.25, 0.3) is 0 Å². The highest BCUT2D eigenvalue weighted by atomic mass is 79.9. The topological polar surface area (TPSA) is 74.3 Å². The van der Waals surface area contributed by atoms with Crippen LogP contribution in [0.5, 0.6) is 0 Å². The Balaban J connectivity index is 2.09. The van der Waals surface area contributed by atoms with E-state index in [0.717, 1.165) is 25.9 Å². The number of likely N-dealkylation sites (tertiary alicyclic amines) is 1. The molecule has 0 bridgehead atoms. The van der Waals surface area contributed by atoms with Gasteiger partial charge in [-0.15, -0.1) is 0 Å². The van der Waals surface area contributed by atoms with Crippen LogP contribution >= 0.6 is 15.9 Å². The van der Waals surface area contributed by atoms with Crippen LogP contribution < -0.4 is 10.0 Å². The zero-order valence-electron chi connectivity index (χ0n) is 12.3. The largest absolute Gasteiger partial charge is 0.372 e. The van der Waals surface area contributed by atoms with E-state index in [2.05, 4.69) is 42.9 Å². The lowest BCUT2D eigenvalue weighted by Crippen LogP contribution is -2.39. The van der Waals surface area contributed by atoms with E-state index in [9.17, 15) is 8.42 Å². The zero-order chi connectivity index (χ0) is 15.5. The van der Waals surface area contributed by atoms with Crippen molar-refractivity contribution in [2.45, 2.75) is 17.7 Å². The lowest BCUT2D eigenvalue weighted by Gasteiger charge is -2.29. The van der Waals surface area contributed by atoms with Crippen molar-refractivity contribution in [3.63, 3.8) is 0 Å². The predicted molar refractivity (Wildman–Crippen MR) is 86.9 cm³/mol. The van der Waals surface area contributed by atoms with Gasteiger partial charge in [-0.1, -0.05) is 0 Å². The number of hydrogen-bond donors (Lipinski definition) is 2. The van der Waals surface area contributed by atoms with Crippen LogP contribution in [0, 0.1) is 5.92 Å². The number of nitrogens with one attached hydrogen (secondary N) is 2. The molecule has 1 aliphatic rings. The van der Waals surface area contributed by atoms with E-state index in [1.165, 1.54) is 0 Å². The van der Waals surface area contributed by atoms with Gasteiger partial charge in [-0.2, -0.15) is 0 Å². The van der Waals surface area contributed by atoms with Crippen LogP contribution in [0.4, 0.5) is 5.82 Å². The Morgan fingerprint density at radius 1 is 1.52 bits per heavy atom. The first-order valence-electron chi connectivity index (χ1n) is 6.94. The minimum atomic E-state index is -3.57. The number of hydrogen-bond acceptors (Lipinski definition) is 5. The molecular weight excluding hydrogens is 356 g/mol. The normalized spacial score (nSPS) is 20.4. The number of aromatic nitrogens is 1. The Morgan fingerprint density at radius 2 is 2.29 bits per heavy atom. The van der Waals surface area contributed by atoms with Gasteiger partial charge in [0.25, 0.3) is 0 Å². The van der Waals surface area contributed by atoms with Gasteiger partial charge in [0.2, 0.25) is 10.0 Å². The molecule has 1 saturated heterocycles. The van der Waals surface area contributed by atoms with E-state index in [4.69, 9.17) is 0 Å². The van der Waals surface area contributed by atoms with Crippen molar-refractivity contribution in [3.05, 3.63) is 16.7 Å². The van der Waals surface area contributed by atoms with Crippen LogP contribution in [-0.2, 0) is 10.0 Å². The molecule has 2 heterocycles. The standard InChI is InChI=1S/C13H21BrN4O2S/c1-15-13-12(6-11(14)8-16-13)21(19,20)17-7-10-4-3-5-18(2)9-10/h6,8,10,17H,3-5,7,9H2,1-2H3,(H,15,16). The highest BCUT2D eigenvalue weighted by molar-refractivity contribution is 9.10. The first-order chi connectivity index (χ1) is 9.92. The maximum atomic E-state index is 12.5. The molecular formula is C13H21BrN4O2S.